The summed E-state index contributed by atoms with van der Waals surface area (Å²) in [5.41, 5.74) is 3.09. The number of para-hydroxylation sites is 2. The highest BCUT2D eigenvalue weighted by Crippen LogP contribution is 2.37. The monoisotopic (exact) mass is 403 g/mol. The van der Waals surface area contributed by atoms with E-state index >= 15 is 0 Å². The van der Waals surface area contributed by atoms with Crippen LogP contribution in [0.4, 0.5) is 0 Å². The van der Waals surface area contributed by atoms with Gasteiger partial charge in [-0.1, -0.05) is 30.3 Å². The lowest BCUT2D eigenvalue weighted by molar-refractivity contribution is 0.435. The molecule has 0 radical (unpaired) electrons. The Morgan fingerprint density at radius 2 is 1.48 bits per heavy atom. The number of benzene rings is 4. The summed E-state index contributed by atoms with van der Waals surface area (Å²) in [5, 5.41) is 14.5. The minimum atomic E-state index is 0.145. The predicted molar refractivity (Wildman–Crippen MR) is 119 cm³/mol. The largest absolute Gasteiger partial charge is 0.506 e. The molecule has 1 N–H and O–H groups in total. The molecule has 4 aromatic carbocycles. The second-order valence-corrected chi connectivity index (χ2v) is 7.79. The van der Waals surface area contributed by atoms with Crippen LogP contribution < -0.4 is 19.9 Å². The normalized spacial score (nSPS) is 13.4. The molecule has 0 spiro atoms. The molecule has 7 rings (SSSR count). The van der Waals surface area contributed by atoms with Crippen LogP contribution in [0.15, 0.2) is 83.3 Å². The van der Waals surface area contributed by atoms with Crippen molar-refractivity contribution in [1.82, 2.24) is 0 Å². The van der Waals surface area contributed by atoms with Gasteiger partial charge in [0.2, 0.25) is 0 Å². The van der Waals surface area contributed by atoms with Gasteiger partial charge in [0, 0.05) is 16.8 Å². The molecule has 0 fully saturated rings. The van der Waals surface area contributed by atoms with Crippen LogP contribution >= 0.6 is 0 Å². The summed E-state index contributed by atoms with van der Waals surface area (Å²) < 4.78 is 18.4. The second-order valence-electron chi connectivity index (χ2n) is 7.79. The van der Waals surface area contributed by atoms with Crippen molar-refractivity contribution in [2.24, 2.45) is 0 Å². The van der Waals surface area contributed by atoms with Crippen LogP contribution in [0.3, 0.4) is 0 Å². The van der Waals surface area contributed by atoms with E-state index in [-0.39, 0.29) is 5.76 Å². The Kier molecular flexibility index (Phi) is 3.12. The maximum Gasteiger partial charge on any atom is 0.361 e. The maximum atomic E-state index is 11.1. The van der Waals surface area contributed by atoms with E-state index in [1.54, 1.807) is 0 Å². The van der Waals surface area contributed by atoms with E-state index in [0.29, 0.717) is 33.6 Å². The predicted octanol–water partition coefficient (Wildman–Crippen LogP) is 5.62. The minimum absolute atomic E-state index is 0.145. The first kappa shape index (κ1) is 16.5. The quantitative estimate of drug-likeness (QED) is 0.264. The Morgan fingerprint density at radius 3 is 2.45 bits per heavy atom. The first-order valence-electron chi connectivity index (χ1n) is 10.1. The molecule has 0 saturated carbocycles. The zero-order valence-electron chi connectivity index (χ0n) is 16.3. The van der Waals surface area contributed by atoms with E-state index in [1.165, 1.54) is 0 Å². The Balaban J connectivity index is 1.47. The fourth-order valence-corrected chi connectivity index (χ4v) is 4.31. The Labute approximate surface area is 176 Å². The van der Waals surface area contributed by atoms with Crippen LogP contribution in [0.2, 0.25) is 0 Å². The molecule has 0 bridgehead atoms. The summed E-state index contributed by atoms with van der Waals surface area (Å²) in [6.45, 7) is 0. The molecule has 2 aliphatic heterocycles. The third kappa shape index (κ3) is 2.39. The Bertz CT molecular complexity index is 1700. The van der Waals surface area contributed by atoms with Crippen molar-refractivity contribution in [2.45, 2.75) is 0 Å². The lowest BCUT2D eigenvalue weighted by atomic mass is 10.0. The van der Waals surface area contributed by atoms with Crippen molar-refractivity contribution in [3.05, 3.63) is 100 Å². The van der Waals surface area contributed by atoms with E-state index in [0.717, 1.165) is 32.9 Å². The molecular formula is C27H15O4+. The van der Waals surface area contributed by atoms with Gasteiger partial charge >= 0.3 is 11.2 Å². The summed E-state index contributed by atoms with van der Waals surface area (Å²) in [6.07, 6.45) is 2.07. The van der Waals surface area contributed by atoms with E-state index in [4.69, 9.17) is 13.9 Å². The molecule has 5 aromatic rings. The summed E-state index contributed by atoms with van der Waals surface area (Å²) in [6, 6.07) is 25.3. The van der Waals surface area contributed by atoms with Gasteiger partial charge in [-0.3, -0.25) is 0 Å². The number of hydrogen-bond acceptors (Lipinski definition) is 3. The molecule has 1 aromatic heterocycles. The highest BCUT2D eigenvalue weighted by atomic mass is 16.5. The first-order valence-corrected chi connectivity index (χ1v) is 10.1. The van der Waals surface area contributed by atoms with Crippen molar-refractivity contribution in [3.63, 3.8) is 0 Å². The van der Waals surface area contributed by atoms with Gasteiger partial charge in [0.05, 0.1) is 27.6 Å². The molecule has 2 aliphatic rings. The smallest absolute Gasteiger partial charge is 0.361 e. The Morgan fingerprint density at radius 1 is 0.645 bits per heavy atom. The molecule has 0 atom stereocenters. The maximum absolute atomic E-state index is 11.1. The summed E-state index contributed by atoms with van der Waals surface area (Å²) in [5.74, 6) is 2.82. The molecule has 4 nitrogen and oxygen atoms in total. The van der Waals surface area contributed by atoms with E-state index < -0.39 is 0 Å². The third-order valence-corrected chi connectivity index (χ3v) is 5.85. The fourth-order valence-electron chi connectivity index (χ4n) is 4.31. The molecule has 31 heavy (non-hydrogen) atoms. The van der Waals surface area contributed by atoms with Crippen LogP contribution in [0.25, 0.3) is 33.8 Å². The van der Waals surface area contributed by atoms with Crippen molar-refractivity contribution in [3.8, 4) is 23.0 Å². The highest BCUT2D eigenvalue weighted by molar-refractivity contribution is 5.93. The lowest BCUT2D eigenvalue weighted by Crippen LogP contribution is -2.22. The fraction of sp³-hybridized carbons (Fsp3) is 0. The second kappa shape index (κ2) is 5.86. The average Bonchev–Trinajstić information content (AvgIpc) is 2.79. The summed E-state index contributed by atoms with van der Waals surface area (Å²) >= 11 is 0. The number of aliphatic hydroxyl groups is 1. The topological polar surface area (TPSA) is 50.0 Å². The number of aliphatic hydroxyl groups excluding tert-OH is 1. The van der Waals surface area contributed by atoms with Crippen molar-refractivity contribution >= 4 is 33.8 Å². The molecular weight excluding hydrogens is 388 g/mol. The number of hydrogen-bond donors (Lipinski definition) is 1. The lowest BCUT2D eigenvalue weighted by Gasteiger charge is -2.20. The third-order valence-electron chi connectivity index (χ3n) is 5.85. The Hall–Kier alpha value is -4.31. The molecule has 0 amide bonds. The van der Waals surface area contributed by atoms with Crippen LogP contribution in [0, 0.1) is 0 Å². The molecule has 3 heterocycles. The summed E-state index contributed by atoms with van der Waals surface area (Å²) in [4.78, 5) is 0. The van der Waals surface area contributed by atoms with E-state index in [1.807, 2.05) is 72.8 Å². The van der Waals surface area contributed by atoms with Gasteiger partial charge in [-0.2, -0.15) is 0 Å². The van der Waals surface area contributed by atoms with Crippen LogP contribution in [0.5, 0.6) is 23.0 Å². The molecule has 0 unspecified atom stereocenters. The van der Waals surface area contributed by atoms with E-state index in [2.05, 4.69) is 12.1 Å². The molecule has 0 aliphatic carbocycles. The van der Waals surface area contributed by atoms with Crippen molar-refractivity contribution in [2.75, 3.05) is 0 Å². The number of ether oxygens (including phenoxy) is 2. The first-order chi connectivity index (χ1) is 15.2. The van der Waals surface area contributed by atoms with Gasteiger partial charge in [0.15, 0.2) is 0 Å². The SMILES string of the molecule is OC1=c2cc3c(cc2Oc2cc4cc5ccccc5[o+]c4cc21)=Cc1ccccc1O3. The number of rotatable bonds is 0. The standard InChI is InChI=1S/C27H14O4/c28-27-19-13-23-17(9-15-5-1-3-7-21(15)29-23)11-25(19)31-26-12-18-10-16-6-2-4-8-22(16)30-24(18)14-20(26)27/h1-14H/p+1. The number of fused-ring (bicyclic) bond motifs is 6. The van der Waals surface area contributed by atoms with Crippen molar-refractivity contribution in [1.29, 1.82) is 0 Å². The van der Waals surface area contributed by atoms with Gasteiger partial charge < -0.3 is 14.6 Å². The van der Waals surface area contributed by atoms with Crippen LogP contribution in [-0.2, 0) is 0 Å². The van der Waals surface area contributed by atoms with Gasteiger partial charge in [-0.25, -0.2) is 4.42 Å². The average molecular weight is 403 g/mol. The molecule has 4 heteroatoms. The van der Waals surface area contributed by atoms with Crippen molar-refractivity contribution < 1.29 is 19.0 Å². The highest BCUT2D eigenvalue weighted by Gasteiger charge is 2.24. The molecule has 146 valence electrons. The van der Waals surface area contributed by atoms with Gasteiger partial charge in [-0.05, 0) is 42.5 Å². The zero-order chi connectivity index (χ0) is 20.5. The minimum Gasteiger partial charge on any atom is -0.506 e. The zero-order valence-corrected chi connectivity index (χ0v) is 16.3. The van der Waals surface area contributed by atoms with Gasteiger partial charge in [-0.15, -0.1) is 0 Å². The van der Waals surface area contributed by atoms with Crippen LogP contribution in [0.1, 0.15) is 11.1 Å². The molecule has 0 saturated heterocycles. The van der Waals surface area contributed by atoms with Gasteiger partial charge in [0.25, 0.3) is 0 Å². The van der Waals surface area contributed by atoms with E-state index in [9.17, 15) is 5.11 Å². The van der Waals surface area contributed by atoms with Gasteiger partial charge in [0.1, 0.15) is 28.8 Å². The van der Waals surface area contributed by atoms with Crippen LogP contribution in [-0.4, -0.2) is 5.11 Å². The summed E-state index contributed by atoms with van der Waals surface area (Å²) in [7, 11) is 0.